The Kier molecular flexibility index (Phi) is 4.57. The van der Waals surface area contributed by atoms with Crippen LogP contribution in [0.1, 0.15) is 17.0 Å². The van der Waals surface area contributed by atoms with Crippen molar-refractivity contribution in [3.05, 3.63) is 89.5 Å². The van der Waals surface area contributed by atoms with Crippen molar-refractivity contribution in [3.63, 3.8) is 0 Å². The van der Waals surface area contributed by atoms with Crippen LogP contribution in [0.25, 0.3) is 17.1 Å². The molecule has 4 aromatic rings. The number of ether oxygens (including phenoxy) is 2. The molecule has 2 aromatic carbocycles. The molecule has 0 saturated heterocycles. The van der Waals surface area contributed by atoms with Gasteiger partial charge in [0.05, 0.1) is 30.5 Å². The highest BCUT2D eigenvalue weighted by atomic mass is 16.5. The van der Waals surface area contributed by atoms with Crippen LogP contribution in [0.3, 0.4) is 0 Å². The van der Waals surface area contributed by atoms with Gasteiger partial charge in [0.2, 0.25) is 11.8 Å². The van der Waals surface area contributed by atoms with Gasteiger partial charge >= 0.3 is 0 Å². The largest absolute Gasteiger partial charge is 0.504 e. The summed E-state index contributed by atoms with van der Waals surface area (Å²) in [6.45, 7) is 0. The molecule has 0 spiro atoms. The van der Waals surface area contributed by atoms with Gasteiger partial charge < -0.3 is 24.7 Å². The SMILES string of the molecule is COc1cc([C@H]2C(C#N)=C(N)Oc3c2c(-c2ccco2)nn3-c2ccccc2)ccc1O. The zero-order chi connectivity index (χ0) is 22.2. The molecule has 0 saturated carbocycles. The summed E-state index contributed by atoms with van der Waals surface area (Å²) in [7, 11) is 1.46. The molecule has 0 unspecified atom stereocenters. The van der Waals surface area contributed by atoms with Crippen LogP contribution in [0.15, 0.2) is 82.8 Å². The van der Waals surface area contributed by atoms with Crippen molar-refractivity contribution in [1.82, 2.24) is 9.78 Å². The van der Waals surface area contributed by atoms with E-state index in [4.69, 9.17) is 24.7 Å². The van der Waals surface area contributed by atoms with Gasteiger partial charge in [-0.1, -0.05) is 24.3 Å². The Morgan fingerprint density at radius 3 is 2.66 bits per heavy atom. The standard InChI is InChI=1S/C24H18N4O4/c1-30-19-12-14(9-10-17(19)29)20-16(13-25)23(26)32-24-21(20)22(18-8-5-11-31-18)27-28(24)15-6-3-2-4-7-15/h2-12,20,29H,26H2,1H3/t20-/m0/s1. The zero-order valence-corrected chi connectivity index (χ0v) is 17.0. The summed E-state index contributed by atoms with van der Waals surface area (Å²) < 4.78 is 18.5. The molecule has 8 heteroatoms. The maximum Gasteiger partial charge on any atom is 0.229 e. The van der Waals surface area contributed by atoms with Gasteiger partial charge in [-0.2, -0.15) is 15.0 Å². The maximum absolute atomic E-state index is 10.1. The number of nitriles is 1. The van der Waals surface area contributed by atoms with Gasteiger partial charge in [0.15, 0.2) is 17.3 Å². The smallest absolute Gasteiger partial charge is 0.229 e. The molecule has 158 valence electrons. The summed E-state index contributed by atoms with van der Waals surface area (Å²) in [4.78, 5) is 0. The predicted octanol–water partition coefficient (Wildman–Crippen LogP) is 4.06. The third kappa shape index (κ3) is 2.96. The third-order valence-electron chi connectivity index (χ3n) is 5.34. The van der Waals surface area contributed by atoms with Gasteiger partial charge in [0, 0.05) is 0 Å². The second-order valence-electron chi connectivity index (χ2n) is 7.15. The normalized spacial score (nSPS) is 15.1. The zero-order valence-electron chi connectivity index (χ0n) is 17.0. The monoisotopic (exact) mass is 426 g/mol. The summed E-state index contributed by atoms with van der Waals surface area (Å²) >= 11 is 0. The highest BCUT2D eigenvalue weighted by molar-refractivity contribution is 5.69. The number of nitrogens with two attached hydrogens (primary N) is 1. The molecule has 32 heavy (non-hydrogen) atoms. The molecule has 1 aliphatic rings. The van der Waals surface area contributed by atoms with Gasteiger partial charge in [-0.3, -0.25) is 0 Å². The Morgan fingerprint density at radius 1 is 1.16 bits per heavy atom. The highest BCUT2D eigenvalue weighted by Gasteiger charge is 2.38. The van der Waals surface area contributed by atoms with Gasteiger partial charge in [-0.05, 0) is 42.0 Å². The number of fused-ring (bicyclic) bond motifs is 1. The van der Waals surface area contributed by atoms with E-state index < -0.39 is 5.92 Å². The number of nitrogens with zero attached hydrogens (tertiary/aromatic N) is 3. The molecule has 5 rings (SSSR count). The molecule has 3 N–H and O–H groups in total. The average molecular weight is 426 g/mol. The number of hydrogen-bond donors (Lipinski definition) is 2. The lowest BCUT2D eigenvalue weighted by Crippen LogP contribution is -2.22. The van der Waals surface area contributed by atoms with E-state index in [0.717, 1.165) is 5.69 Å². The van der Waals surface area contributed by atoms with Crippen molar-refractivity contribution in [2.24, 2.45) is 5.73 Å². The van der Waals surface area contributed by atoms with E-state index in [2.05, 4.69) is 6.07 Å². The topological polar surface area (TPSA) is 119 Å². The van der Waals surface area contributed by atoms with Gasteiger partial charge in [-0.15, -0.1) is 0 Å². The van der Waals surface area contributed by atoms with Gasteiger partial charge in [0.1, 0.15) is 17.3 Å². The fourth-order valence-corrected chi connectivity index (χ4v) is 3.89. The number of aromatic hydroxyl groups is 1. The number of furan rings is 1. The number of aromatic nitrogens is 2. The van der Waals surface area contributed by atoms with Crippen LogP contribution >= 0.6 is 0 Å². The van der Waals surface area contributed by atoms with Crippen LogP contribution < -0.4 is 15.2 Å². The molecule has 0 fully saturated rings. The van der Waals surface area contributed by atoms with E-state index in [9.17, 15) is 10.4 Å². The Bertz CT molecular complexity index is 1370. The lowest BCUT2D eigenvalue weighted by Gasteiger charge is -2.25. The van der Waals surface area contributed by atoms with Gasteiger partial charge in [-0.25, -0.2) is 0 Å². The molecule has 2 aromatic heterocycles. The minimum Gasteiger partial charge on any atom is -0.504 e. The van der Waals surface area contributed by atoms with Crippen molar-refractivity contribution in [3.8, 4) is 40.6 Å². The Hall–Kier alpha value is -4.64. The summed E-state index contributed by atoms with van der Waals surface area (Å²) in [5, 5.41) is 24.8. The summed E-state index contributed by atoms with van der Waals surface area (Å²) in [5.74, 6) is 0.548. The number of methoxy groups -OCH3 is 1. The molecule has 0 aliphatic carbocycles. The van der Waals surface area contributed by atoms with E-state index in [1.807, 2.05) is 30.3 Å². The first kappa shape index (κ1) is 19.3. The van der Waals surface area contributed by atoms with Crippen molar-refractivity contribution < 1.29 is 19.0 Å². The molecule has 1 atom stereocenters. The molecular formula is C24H18N4O4. The molecule has 0 radical (unpaired) electrons. The first-order chi connectivity index (χ1) is 15.6. The van der Waals surface area contributed by atoms with Crippen LogP contribution in [0.4, 0.5) is 0 Å². The Labute approximate surface area is 183 Å². The first-order valence-corrected chi connectivity index (χ1v) is 9.79. The van der Waals surface area contributed by atoms with Crippen LogP contribution in [-0.2, 0) is 0 Å². The van der Waals surface area contributed by atoms with Crippen LogP contribution in [-0.4, -0.2) is 22.0 Å². The van der Waals surface area contributed by atoms with E-state index in [-0.39, 0.29) is 23.0 Å². The lowest BCUT2D eigenvalue weighted by atomic mass is 9.83. The Balaban J connectivity index is 1.82. The van der Waals surface area contributed by atoms with E-state index in [1.165, 1.54) is 13.2 Å². The predicted molar refractivity (Wildman–Crippen MR) is 115 cm³/mol. The van der Waals surface area contributed by atoms with Crippen molar-refractivity contribution in [2.75, 3.05) is 7.11 Å². The van der Waals surface area contributed by atoms with Crippen LogP contribution in [0, 0.1) is 11.3 Å². The van der Waals surface area contributed by atoms with E-state index in [0.29, 0.717) is 28.5 Å². The highest BCUT2D eigenvalue weighted by Crippen LogP contribution is 2.48. The summed E-state index contributed by atoms with van der Waals surface area (Å²) in [6.07, 6.45) is 1.56. The van der Waals surface area contributed by atoms with Crippen LogP contribution in [0.5, 0.6) is 17.4 Å². The second-order valence-corrected chi connectivity index (χ2v) is 7.15. The van der Waals surface area contributed by atoms with E-state index in [1.54, 1.807) is 35.2 Å². The van der Waals surface area contributed by atoms with Gasteiger partial charge in [0.25, 0.3) is 0 Å². The lowest BCUT2D eigenvalue weighted by molar-refractivity contribution is 0.365. The summed E-state index contributed by atoms with van der Waals surface area (Å²) in [5.41, 5.74) is 9.02. The fraction of sp³-hybridized carbons (Fsp3) is 0.0833. The number of phenolic OH excluding ortho intramolecular Hbond substituents is 1. The molecule has 0 bridgehead atoms. The van der Waals surface area contributed by atoms with Crippen LogP contribution in [0.2, 0.25) is 0 Å². The quantitative estimate of drug-likeness (QED) is 0.505. The number of para-hydroxylation sites is 1. The molecule has 0 amide bonds. The van der Waals surface area contributed by atoms with Crippen molar-refractivity contribution in [1.29, 1.82) is 5.26 Å². The molecule has 8 nitrogen and oxygen atoms in total. The average Bonchev–Trinajstić information content (AvgIpc) is 3.47. The minimum atomic E-state index is -0.615. The molecule has 1 aliphatic heterocycles. The Morgan fingerprint density at radius 2 is 1.97 bits per heavy atom. The number of benzene rings is 2. The molecule has 3 heterocycles. The van der Waals surface area contributed by atoms with Crippen molar-refractivity contribution in [2.45, 2.75) is 5.92 Å². The maximum atomic E-state index is 10.1. The minimum absolute atomic E-state index is 0.00905. The molecular weight excluding hydrogens is 408 g/mol. The van der Waals surface area contributed by atoms with Crippen molar-refractivity contribution >= 4 is 0 Å². The third-order valence-corrected chi connectivity index (χ3v) is 5.34. The number of rotatable bonds is 4. The second kappa shape index (κ2) is 7.56. The number of phenols is 1. The number of hydrogen-bond acceptors (Lipinski definition) is 7. The number of allylic oxidation sites excluding steroid dienone is 1. The fourth-order valence-electron chi connectivity index (χ4n) is 3.89. The van der Waals surface area contributed by atoms with E-state index >= 15 is 0 Å². The summed E-state index contributed by atoms with van der Waals surface area (Å²) in [6, 6.07) is 20.1. The first-order valence-electron chi connectivity index (χ1n) is 9.79.